The molecule has 11 heteroatoms. The lowest BCUT2D eigenvalue weighted by atomic mass is 9.96. The third kappa shape index (κ3) is 5.98. The highest BCUT2D eigenvalue weighted by molar-refractivity contribution is 7.92. The van der Waals surface area contributed by atoms with E-state index in [0.29, 0.717) is 22.4 Å². The number of hydroxylamine groups is 1. The van der Waals surface area contributed by atoms with Crippen LogP contribution in [0.2, 0.25) is 0 Å². The molecule has 0 unspecified atom stereocenters. The van der Waals surface area contributed by atoms with Crippen LogP contribution >= 0.6 is 12.4 Å². The quantitative estimate of drug-likeness (QED) is 0.215. The average molecular weight is 570 g/mol. The number of amides is 1. The lowest BCUT2D eigenvalue weighted by Crippen LogP contribution is -2.34. The smallest absolute Gasteiger partial charge is 0.280 e. The first kappa shape index (κ1) is 29.4. The van der Waals surface area contributed by atoms with Gasteiger partial charge in [0.05, 0.1) is 31.3 Å². The molecule has 4 aromatic rings. The Kier molecular flexibility index (Phi) is 9.52. The summed E-state index contributed by atoms with van der Waals surface area (Å²) in [6.45, 7) is 1.57. The predicted molar refractivity (Wildman–Crippen MR) is 150 cm³/mol. The van der Waals surface area contributed by atoms with Gasteiger partial charge in [-0.15, -0.1) is 12.4 Å². The number of halogens is 1. The van der Waals surface area contributed by atoms with Gasteiger partial charge in [0.15, 0.2) is 0 Å². The number of sulfonamides is 1. The second-order valence-corrected chi connectivity index (χ2v) is 10.2. The van der Waals surface area contributed by atoms with E-state index in [1.807, 2.05) is 30.3 Å². The topological polar surface area (TPSA) is 118 Å². The molecule has 2 N–H and O–H groups in total. The number of ether oxygens (including phenoxy) is 2. The number of methoxy groups -OCH3 is 2. The summed E-state index contributed by atoms with van der Waals surface area (Å²) in [5.41, 5.74) is 3.97. The van der Waals surface area contributed by atoms with E-state index >= 15 is 0 Å². The van der Waals surface area contributed by atoms with Gasteiger partial charge in [-0.3, -0.25) is 19.3 Å². The van der Waals surface area contributed by atoms with Crippen molar-refractivity contribution < 1.29 is 27.9 Å². The van der Waals surface area contributed by atoms with Crippen LogP contribution in [0.25, 0.3) is 11.1 Å². The highest BCUT2D eigenvalue weighted by Crippen LogP contribution is 2.43. The second-order valence-electron chi connectivity index (χ2n) is 8.35. The van der Waals surface area contributed by atoms with Gasteiger partial charge in [0.25, 0.3) is 15.9 Å². The molecular formula is C28H28ClN3O6S. The fourth-order valence-electron chi connectivity index (χ4n) is 4.24. The number of aromatic nitrogens is 1. The standard InChI is InChI=1S/C28H27N3O6S.ClH/c1-19-16-24(21-9-5-4-6-10-21)27(37-3)25(28(32)30-33)26(19)31(18-20-8-7-15-29-17-20)38(34,35)23-13-11-22(36-2)12-14-23;/h4-17,33H,18H2,1-3H3,(H,30,32);1H. The number of carbonyl (C=O) groups excluding carboxylic acids is 1. The number of aryl methyl sites for hydroxylation is 1. The molecule has 9 nitrogen and oxygen atoms in total. The highest BCUT2D eigenvalue weighted by Gasteiger charge is 2.33. The minimum atomic E-state index is -4.23. The second kappa shape index (κ2) is 12.6. The van der Waals surface area contributed by atoms with Gasteiger partial charge in [-0.1, -0.05) is 36.4 Å². The molecule has 0 aliphatic heterocycles. The van der Waals surface area contributed by atoms with Gasteiger partial charge in [-0.05, 0) is 60.0 Å². The van der Waals surface area contributed by atoms with E-state index in [-0.39, 0.29) is 40.8 Å². The maximum Gasteiger partial charge on any atom is 0.280 e. The van der Waals surface area contributed by atoms with Crippen molar-refractivity contribution in [3.63, 3.8) is 0 Å². The van der Waals surface area contributed by atoms with E-state index < -0.39 is 15.9 Å². The van der Waals surface area contributed by atoms with Crippen molar-refractivity contribution in [3.8, 4) is 22.6 Å². The van der Waals surface area contributed by atoms with Crippen molar-refractivity contribution in [2.24, 2.45) is 0 Å². The molecule has 0 atom stereocenters. The molecular weight excluding hydrogens is 542 g/mol. The van der Waals surface area contributed by atoms with Crippen LogP contribution in [0.1, 0.15) is 21.5 Å². The summed E-state index contributed by atoms with van der Waals surface area (Å²) >= 11 is 0. The third-order valence-corrected chi connectivity index (χ3v) is 7.77. The Morgan fingerprint density at radius 2 is 1.69 bits per heavy atom. The van der Waals surface area contributed by atoms with Crippen LogP contribution in [-0.4, -0.2) is 38.7 Å². The van der Waals surface area contributed by atoms with Gasteiger partial charge in [0.1, 0.15) is 17.1 Å². The summed E-state index contributed by atoms with van der Waals surface area (Å²) in [5, 5.41) is 9.69. The average Bonchev–Trinajstić information content (AvgIpc) is 2.96. The number of pyridine rings is 1. The van der Waals surface area contributed by atoms with Crippen LogP contribution in [0.5, 0.6) is 11.5 Å². The molecule has 0 spiro atoms. The van der Waals surface area contributed by atoms with Crippen LogP contribution in [0, 0.1) is 6.92 Å². The molecule has 1 aromatic heterocycles. The van der Waals surface area contributed by atoms with E-state index in [9.17, 15) is 18.4 Å². The number of nitrogens with one attached hydrogen (secondary N) is 1. The number of hydrogen-bond acceptors (Lipinski definition) is 7. The molecule has 0 radical (unpaired) electrons. The first-order valence-electron chi connectivity index (χ1n) is 11.6. The van der Waals surface area contributed by atoms with Crippen molar-refractivity contribution in [1.82, 2.24) is 10.5 Å². The number of benzene rings is 3. The molecule has 1 heterocycles. The van der Waals surface area contributed by atoms with Crippen molar-refractivity contribution in [2.75, 3.05) is 18.5 Å². The molecule has 4 rings (SSSR count). The van der Waals surface area contributed by atoms with E-state index in [2.05, 4.69) is 4.98 Å². The fourth-order valence-corrected chi connectivity index (χ4v) is 5.77. The lowest BCUT2D eigenvalue weighted by molar-refractivity contribution is 0.0704. The minimum Gasteiger partial charge on any atom is -0.497 e. The summed E-state index contributed by atoms with van der Waals surface area (Å²) in [5.74, 6) is -0.309. The van der Waals surface area contributed by atoms with Gasteiger partial charge in [0.2, 0.25) is 0 Å². The van der Waals surface area contributed by atoms with Crippen molar-refractivity contribution in [2.45, 2.75) is 18.4 Å². The van der Waals surface area contributed by atoms with E-state index in [1.54, 1.807) is 55.1 Å². The maximum atomic E-state index is 14.1. The molecule has 204 valence electrons. The Hall–Kier alpha value is -4.12. The SMILES string of the molecule is COc1ccc(S(=O)(=O)N(Cc2cccnc2)c2c(C)cc(-c3ccccc3)c(OC)c2C(=O)NO)cc1.Cl. The van der Waals surface area contributed by atoms with Gasteiger partial charge in [-0.2, -0.15) is 0 Å². The molecule has 0 aliphatic carbocycles. The Morgan fingerprint density at radius 3 is 2.26 bits per heavy atom. The van der Waals surface area contributed by atoms with Crippen LogP contribution in [0.3, 0.4) is 0 Å². The molecule has 0 saturated heterocycles. The van der Waals surface area contributed by atoms with Crippen LogP contribution in [-0.2, 0) is 16.6 Å². The summed E-state index contributed by atoms with van der Waals surface area (Å²) in [7, 11) is -1.36. The molecule has 0 saturated carbocycles. The molecule has 3 aromatic carbocycles. The normalized spacial score (nSPS) is 10.8. The summed E-state index contributed by atoms with van der Waals surface area (Å²) < 4.78 is 40.3. The fraction of sp³-hybridized carbons (Fsp3) is 0.143. The molecule has 0 bridgehead atoms. The molecule has 0 aliphatic rings. The Bertz CT molecular complexity index is 1530. The van der Waals surface area contributed by atoms with E-state index in [4.69, 9.17) is 9.47 Å². The Balaban J connectivity index is 0.00000420. The van der Waals surface area contributed by atoms with Gasteiger partial charge >= 0.3 is 0 Å². The molecule has 0 fully saturated rings. The zero-order valence-corrected chi connectivity index (χ0v) is 23.1. The largest absolute Gasteiger partial charge is 0.497 e. The minimum absolute atomic E-state index is 0. The Labute approximate surface area is 233 Å². The zero-order chi connectivity index (χ0) is 27.3. The van der Waals surface area contributed by atoms with E-state index in [1.165, 1.54) is 26.4 Å². The third-order valence-electron chi connectivity index (χ3n) is 6.01. The van der Waals surface area contributed by atoms with Crippen LogP contribution in [0.4, 0.5) is 5.69 Å². The molecule has 39 heavy (non-hydrogen) atoms. The first-order chi connectivity index (χ1) is 18.3. The van der Waals surface area contributed by atoms with Crippen molar-refractivity contribution in [1.29, 1.82) is 0 Å². The predicted octanol–water partition coefficient (Wildman–Crippen LogP) is 5.01. The lowest BCUT2D eigenvalue weighted by Gasteiger charge is -2.29. The van der Waals surface area contributed by atoms with Crippen LogP contribution < -0.4 is 19.3 Å². The monoisotopic (exact) mass is 569 g/mol. The number of anilines is 1. The van der Waals surface area contributed by atoms with E-state index in [0.717, 1.165) is 9.87 Å². The maximum absolute atomic E-state index is 14.1. The summed E-state index contributed by atoms with van der Waals surface area (Å²) in [6, 6.07) is 20.4. The highest BCUT2D eigenvalue weighted by atomic mass is 35.5. The van der Waals surface area contributed by atoms with Gasteiger partial charge < -0.3 is 9.47 Å². The number of hydrogen-bond donors (Lipinski definition) is 2. The number of carbonyl (C=O) groups is 1. The number of nitrogens with zero attached hydrogens (tertiary/aromatic N) is 2. The zero-order valence-electron chi connectivity index (χ0n) is 21.5. The van der Waals surface area contributed by atoms with Crippen molar-refractivity contribution in [3.05, 3.63) is 102 Å². The summed E-state index contributed by atoms with van der Waals surface area (Å²) in [4.78, 5) is 17.3. The summed E-state index contributed by atoms with van der Waals surface area (Å²) in [6.07, 6.45) is 3.13. The number of rotatable bonds is 9. The molecule has 1 amide bonds. The Morgan fingerprint density at radius 1 is 1.00 bits per heavy atom. The van der Waals surface area contributed by atoms with Crippen LogP contribution in [0.15, 0.2) is 90.1 Å². The van der Waals surface area contributed by atoms with Gasteiger partial charge in [0, 0.05) is 18.0 Å². The van der Waals surface area contributed by atoms with Gasteiger partial charge in [-0.25, -0.2) is 13.9 Å². The first-order valence-corrected chi connectivity index (χ1v) is 13.0. The van der Waals surface area contributed by atoms with Crippen molar-refractivity contribution >= 4 is 34.0 Å².